The van der Waals surface area contributed by atoms with Crippen LogP contribution >= 0.6 is 11.8 Å². The van der Waals surface area contributed by atoms with Crippen molar-refractivity contribution < 1.29 is 23.1 Å². The molecule has 1 fully saturated rings. The van der Waals surface area contributed by atoms with E-state index in [4.69, 9.17) is 10.8 Å². The van der Waals surface area contributed by atoms with E-state index in [1.807, 2.05) is 0 Å². The molecule has 0 bridgehead atoms. The van der Waals surface area contributed by atoms with E-state index in [9.17, 15) is 18.0 Å². The topological polar surface area (TPSA) is 66.6 Å². The molecule has 0 aromatic rings. The van der Waals surface area contributed by atoms with Crippen molar-refractivity contribution >= 4 is 17.7 Å². The third-order valence-electron chi connectivity index (χ3n) is 2.48. The zero-order chi connectivity index (χ0) is 12.4. The Kier molecular flexibility index (Phi) is 4.08. The SMILES string of the molecule is NC1(C(=O)O)CCN(CCSC(F)(F)F)C1. The average Bonchev–Trinajstić information content (AvgIpc) is 2.47. The minimum absolute atomic E-state index is 0.0980. The molecule has 4 nitrogen and oxygen atoms in total. The van der Waals surface area contributed by atoms with E-state index in [0.717, 1.165) is 0 Å². The first-order chi connectivity index (χ1) is 7.23. The number of carboxylic acids is 1. The van der Waals surface area contributed by atoms with Gasteiger partial charge in [0.25, 0.3) is 0 Å². The Bertz CT molecular complexity index is 274. The fourth-order valence-corrected chi connectivity index (χ4v) is 2.15. The van der Waals surface area contributed by atoms with Crippen molar-refractivity contribution in [3.8, 4) is 0 Å². The third-order valence-corrected chi connectivity index (χ3v) is 3.19. The molecule has 0 radical (unpaired) electrons. The number of nitrogens with zero attached hydrogens (tertiary/aromatic N) is 1. The summed E-state index contributed by atoms with van der Waals surface area (Å²) in [5, 5.41) is 8.81. The van der Waals surface area contributed by atoms with E-state index in [2.05, 4.69) is 0 Å². The number of rotatable bonds is 4. The molecule has 1 saturated heterocycles. The van der Waals surface area contributed by atoms with Crippen molar-refractivity contribution in [2.24, 2.45) is 5.73 Å². The number of hydrogen-bond acceptors (Lipinski definition) is 4. The lowest BCUT2D eigenvalue weighted by Crippen LogP contribution is -2.50. The second-order valence-electron chi connectivity index (χ2n) is 3.78. The van der Waals surface area contributed by atoms with Gasteiger partial charge in [0.15, 0.2) is 0 Å². The monoisotopic (exact) mass is 258 g/mol. The van der Waals surface area contributed by atoms with Gasteiger partial charge in [-0.3, -0.25) is 9.69 Å². The Labute approximate surface area is 95.0 Å². The van der Waals surface area contributed by atoms with E-state index in [1.165, 1.54) is 0 Å². The highest BCUT2D eigenvalue weighted by Gasteiger charge is 2.41. The summed E-state index contributed by atoms with van der Waals surface area (Å²) in [4.78, 5) is 12.4. The number of halogens is 3. The first-order valence-corrected chi connectivity index (χ1v) is 5.67. The molecule has 1 aliphatic rings. The van der Waals surface area contributed by atoms with Crippen molar-refractivity contribution in [1.82, 2.24) is 4.90 Å². The molecule has 8 heteroatoms. The number of likely N-dealkylation sites (tertiary alicyclic amines) is 1. The lowest BCUT2D eigenvalue weighted by Gasteiger charge is -2.19. The zero-order valence-corrected chi connectivity index (χ0v) is 9.27. The smallest absolute Gasteiger partial charge is 0.441 e. The van der Waals surface area contributed by atoms with Crippen molar-refractivity contribution in [2.75, 3.05) is 25.4 Å². The van der Waals surface area contributed by atoms with Gasteiger partial charge < -0.3 is 10.8 Å². The Morgan fingerprint density at radius 2 is 2.19 bits per heavy atom. The summed E-state index contributed by atoms with van der Waals surface area (Å²) in [5.41, 5.74) is 0.0470. The predicted octanol–water partition coefficient (Wildman–Crippen LogP) is 0.727. The number of hydrogen-bond donors (Lipinski definition) is 2. The highest BCUT2D eigenvalue weighted by molar-refractivity contribution is 8.00. The summed E-state index contributed by atoms with van der Waals surface area (Å²) >= 11 is -0.101. The largest absolute Gasteiger partial charge is 0.480 e. The molecule has 0 saturated carbocycles. The van der Waals surface area contributed by atoms with Gasteiger partial charge in [0.2, 0.25) is 0 Å². The van der Waals surface area contributed by atoms with E-state index < -0.39 is 17.0 Å². The Hall–Kier alpha value is -0.470. The molecule has 0 aliphatic carbocycles. The first-order valence-electron chi connectivity index (χ1n) is 4.68. The summed E-state index contributed by atoms with van der Waals surface area (Å²) in [7, 11) is 0. The van der Waals surface area contributed by atoms with Gasteiger partial charge in [0.1, 0.15) is 5.54 Å². The average molecular weight is 258 g/mol. The third kappa shape index (κ3) is 3.84. The fraction of sp³-hybridized carbons (Fsp3) is 0.875. The van der Waals surface area contributed by atoms with Gasteiger partial charge in [0.05, 0.1) is 0 Å². The summed E-state index contributed by atoms with van der Waals surface area (Å²) < 4.78 is 35.5. The van der Waals surface area contributed by atoms with Crippen molar-refractivity contribution in [3.05, 3.63) is 0 Å². The molecule has 16 heavy (non-hydrogen) atoms. The number of carbonyl (C=O) groups is 1. The highest BCUT2D eigenvalue weighted by Crippen LogP contribution is 2.30. The van der Waals surface area contributed by atoms with Gasteiger partial charge in [-0.2, -0.15) is 13.2 Å². The number of nitrogens with two attached hydrogens (primary N) is 1. The van der Waals surface area contributed by atoms with Crippen LogP contribution in [0.2, 0.25) is 0 Å². The van der Waals surface area contributed by atoms with Crippen molar-refractivity contribution in [3.63, 3.8) is 0 Å². The molecule has 1 atom stereocenters. The van der Waals surface area contributed by atoms with Crippen LogP contribution in [0.1, 0.15) is 6.42 Å². The normalized spacial score (nSPS) is 27.2. The van der Waals surface area contributed by atoms with E-state index >= 15 is 0 Å². The number of alkyl halides is 3. The van der Waals surface area contributed by atoms with Crippen LogP contribution < -0.4 is 5.73 Å². The zero-order valence-electron chi connectivity index (χ0n) is 8.46. The molecular weight excluding hydrogens is 245 g/mol. The quantitative estimate of drug-likeness (QED) is 0.778. The van der Waals surface area contributed by atoms with E-state index in [-0.39, 0.29) is 37.0 Å². The standard InChI is InChI=1S/C8H13F3N2O2S/c9-8(10,11)16-4-3-13-2-1-7(12,5-13)6(14)15/h1-5,12H2,(H,14,15). The van der Waals surface area contributed by atoms with Gasteiger partial charge >= 0.3 is 11.5 Å². The second kappa shape index (κ2) is 4.80. The number of carboxylic acid groups (broad SMARTS) is 1. The van der Waals surface area contributed by atoms with Gasteiger partial charge in [-0.15, -0.1) is 0 Å². The van der Waals surface area contributed by atoms with Crippen molar-refractivity contribution in [2.45, 2.75) is 17.5 Å². The number of thioether (sulfide) groups is 1. The second-order valence-corrected chi connectivity index (χ2v) is 4.94. The van der Waals surface area contributed by atoms with Crippen LogP contribution in [-0.2, 0) is 4.79 Å². The molecule has 1 aliphatic heterocycles. The highest BCUT2D eigenvalue weighted by atomic mass is 32.2. The Balaban J connectivity index is 2.30. The van der Waals surface area contributed by atoms with Gasteiger partial charge in [-0.25, -0.2) is 0 Å². The molecule has 0 spiro atoms. The van der Waals surface area contributed by atoms with Crippen LogP contribution in [-0.4, -0.2) is 52.4 Å². The maximum absolute atomic E-state index is 11.8. The van der Waals surface area contributed by atoms with Crippen LogP contribution in [0.3, 0.4) is 0 Å². The molecule has 1 unspecified atom stereocenters. The maximum atomic E-state index is 11.8. The first kappa shape index (κ1) is 13.6. The minimum atomic E-state index is -4.23. The van der Waals surface area contributed by atoms with Crippen molar-refractivity contribution in [1.29, 1.82) is 0 Å². The van der Waals surface area contributed by atoms with E-state index in [0.29, 0.717) is 6.54 Å². The fourth-order valence-electron chi connectivity index (χ4n) is 1.57. The van der Waals surface area contributed by atoms with Crippen LogP contribution in [0, 0.1) is 0 Å². The molecule has 0 amide bonds. The summed E-state index contributed by atoms with van der Waals surface area (Å²) in [6, 6.07) is 0. The van der Waals surface area contributed by atoms with Gasteiger partial charge in [0, 0.05) is 25.4 Å². The molecule has 0 aromatic carbocycles. The minimum Gasteiger partial charge on any atom is -0.480 e. The predicted molar refractivity (Wildman–Crippen MR) is 54.1 cm³/mol. The molecule has 94 valence electrons. The van der Waals surface area contributed by atoms with Crippen LogP contribution in [0.5, 0.6) is 0 Å². The van der Waals surface area contributed by atoms with Crippen LogP contribution in [0.15, 0.2) is 0 Å². The molecule has 3 N–H and O–H groups in total. The lowest BCUT2D eigenvalue weighted by atomic mass is 10.0. The van der Waals surface area contributed by atoms with Crippen LogP contribution in [0.4, 0.5) is 13.2 Å². The molecule has 1 rings (SSSR count). The van der Waals surface area contributed by atoms with E-state index in [1.54, 1.807) is 4.90 Å². The summed E-state index contributed by atoms with van der Waals surface area (Å²) in [6.45, 7) is 0.748. The molecule has 0 aromatic heterocycles. The Morgan fingerprint density at radius 1 is 1.56 bits per heavy atom. The van der Waals surface area contributed by atoms with Gasteiger partial charge in [-0.05, 0) is 18.2 Å². The lowest BCUT2D eigenvalue weighted by molar-refractivity contribution is -0.142. The number of aliphatic carboxylic acids is 1. The molecular formula is C8H13F3N2O2S. The Morgan fingerprint density at radius 3 is 2.62 bits per heavy atom. The summed E-state index contributed by atoms with van der Waals surface area (Å²) in [6.07, 6.45) is 0.277. The van der Waals surface area contributed by atoms with Crippen LogP contribution in [0.25, 0.3) is 0 Å². The molecule has 1 heterocycles. The maximum Gasteiger partial charge on any atom is 0.441 e. The van der Waals surface area contributed by atoms with Gasteiger partial charge in [-0.1, -0.05) is 0 Å². The summed E-state index contributed by atoms with van der Waals surface area (Å²) in [5.74, 6) is -1.20.